The zero-order valence-electron chi connectivity index (χ0n) is 11.9. The third-order valence-corrected chi connectivity index (χ3v) is 3.09. The van der Waals surface area contributed by atoms with Crippen LogP contribution in [0.4, 0.5) is 19.3 Å². The predicted molar refractivity (Wildman–Crippen MR) is 79.5 cm³/mol. The molecule has 4 nitrogen and oxygen atoms in total. The fourth-order valence-electron chi connectivity index (χ4n) is 1.86. The van der Waals surface area contributed by atoms with Gasteiger partial charge in [-0.25, -0.2) is 13.6 Å². The van der Waals surface area contributed by atoms with Crippen LogP contribution in [0.5, 0.6) is 0 Å². The molecule has 2 amide bonds. The van der Waals surface area contributed by atoms with E-state index in [-0.39, 0.29) is 12.2 Å². The van der Waals surface area contributed by atoms with Gasteiger partial charge in [0.1, 0.15) is 11.6 Å². The Morgan fingerprint density at radius 2 is 1.86 bits per heavy atom. The molecule has 0 aliphatic heterocycles. The molecule has 0 fully saturated rings. The third kappa shape index (κ3) is 4.26. The Kier molecular flexibility index (Phi) is 5.06. The van der Waals surface area contributed by atoms with Crippen molar-refractivity contribution >= 4 is 11.7 Å². The van der Waals surface area contributed by atoms with Gasteiger partial charge in [0.15, 0.2) is 0 Å². The van der Waals surface area contributed by atoms with E-state index < -0.39 is 23.8 Å². The highest BCUT2D eigenvalue weighted by molar-refractivity contribution is 5.89. The van der Waals surface area contributed by atoms with Crippen molar-refractivity contribution in [3.8, 4) is 0 Å². The molecule has 2 aromatic carbocycles. The van der Waals surface area contributed by atoms with Gasteiger partial charge >= 0.3 is 6.03 Å². The van der Waals surface area contributed by atoms with Gasteiger partial charge < -0.3 is 15.7 Å². The molecule has 0 aliphatic carbocycles. The zero-order valence-corrected chi connectivity index (χ0v) is 11.9. The van der Waals surface area contributed by atoms with Crippen LogP contribution < -0.4 is 10.6 Å². The van der Waals surface area contributed by atoms with E-state index in [4.69, 9.17) is 0 Å². The van der Waals surface area contributed by atoms with Crippen molar-refractivity contribution in [3.05, 3.63) is 65.2 Å². The number of aliphatic hydroxyl groups excluding tert-OH is 1. The summed E-state index contributed by atoms with van der Waals surface area (Å²) < 4.78 is 26.4. The van der Waals surface area contributed by atoms with Crippen LogP contribution in [-0.4, -0.2) is 17.7 Å². The largest absolute Gasteiger partial charge is 0.387 e. The number of hydrogen-bond acceptors (Lipinski definition) is 2. The van der Waals surface area contributed by atoms with Gasteiger partial charge in [-0.05, 0) is 24.6 Å². The molecule has 22 heavy (non-hydrogen) atoms. The summed E-state index contributed by atoms with van der Waals surface area (Å²) >= 11 is 0. The molecule has 0 saturated heterocycles. The van der Waals surface area contributed by atoms with Crippen molar-refractivity contribution in [3.63, 3.8) is 0 Å². The van der Waals surface area contributed by atoms with Crippen LogP contribution in [0, 0.1) is 18.6 Å². The molecule has 0 saturated carbocycles. The molecular weight excluding hydrogens is 290 g/mol. The second-order valence-electron chi connectivity index (χ2n) is 4.89. The highest BCUT2D eigenvalue weighted by Crippen LogP contribution is 2.15. The number of amides is 2. The monoisotopic (exact) mass is 306 g/mol. The van der Waals surface area contributed by atoms with E-state index in [9.17, 15) is 18.7 Å². The van der Waals surface area contributed by atoms with Crippen LogP contribution in [0.15, 0.2) is 42.5 Å². The quantitative estimate of drug-likeness (QED) is 0.812. The minimum Gasteiger partial charge on any atom is -0.387 e. The summed E-state index contributed by atoms with van der Waals surface area (Å²) in [6.45, 7) is 1.88. The summed E-state index contributed by atoms with van der Waals surface area (Å²) in [6, 6.07) is 9.24. The SMILES string of the molecule is Cc1ccc(C(O)CNC(=O)Nc2cc(F)ccc2F)cc1. The Hall–Kier alpha value is -2.47. The maximum Gasteiger partial charge on any atom is 0.319 e. The second-order valence-corrected chi connectivity index (χ2v) is 4.89. The molecule has 0 aromatic heterocycles. The smallest absolute Gasteiger partial charge is 0.319 e. The molecule has 2 aromatic rings. The molecule has 0 aliphatic rings. The van der Waals surface area contributed by atoms with Crippen molar-refractivity contribution < 1.29 is 18.7 Å². The zero-order chi connectivity index (χ0) is 16.1. The Labute approximate surface area is 126 Å². The van der Waals surface area contributed by atoms with Crippen molar-refractivity contribution in [1.29, 1.82) is 0 Å². The van der Waals surface area contributed by atoms with E-state index in [1.165, 1.54) is 0 Å². The maximum atomic E-state index is 13.4. The van der Waals surface area contributed by atoms with Gasteiger partial charge in [-0.2, -0.15) is 0 Å². The summed E-state index contributed by atoms with van der Waals surface area (Å²) in [6.07, 6.45) is -0.885. The predicted octanol–water partition coefficient (Wildman–Crippen LogP) is 3.13. The number of halogens is 2. The fourth-order valence-corrected chi connectivity index (χ4v) is 1.86. The van der Waals surface area contributed by atoms with Gasteiger partial charge in [-0.3, -0.25) is 0 Å². The summed E-state index contributed by atoms with van der Waals surface area (Å²) in [5.41, 5.74) is 1.45. The first-order valence-electron chi connectivity index (χ1n) is 6.70. The van der Waals surface area contributed by atoms with Crippen LogP contribution in [0.1, 0.15) is 17.2 Å². The maximum absolute atomic E-state index is 13.4. The molecule has 3 N–H and O–H groups in total. The summed E-state index contributed by atoms with van der Waals surface area (Å²) in [7, 11) is 0. The Morgan fingerprint density at radius 1 is 1.18 bits per heavy atom. The number of carbonyl (C=O) groups excluding carboxylic acids is 1. The first-order chi connectivity index (χ1) is 10.5. The fraction of sp³-hybridized carbons (Fsp3) is 0.188. The summed E-state index contributed by atoms with van der Waals surface area (Å²) in [5.74, 6) is -1.40. The third-order valence-electron chi connectivity index (χ3n) is 3.09. The van der Waals surface area contributed by atoms with Crippen LogP contribution in [0.2, 0.25) is 0 Å². The van der Waals surface area contributed by atoms with Crippen molar-refractivity contribution in [2.24, 2.45) is 0 Å². The van der Waals surface area contributed by atoms with Crippen LogP contribution >= 0.6 is 0 Å². The van der Waals surface area contributed by atoms with E-state index in [0.29, 0.717) is 5.56 Å². The normalized spacial score (nSPS) is 11.8. The van der Waals surface area contributed by atoms with Crippen LogP contribution in [0.3, 0.4) is 0 Å². The number of urea groups is 1. The van der Waals surface area contributed by atoms with Crippen molar-refractivity contribution in [2.75, 3.05) is 11.9 Å². The van der Waals surface area contributed by atoms with Gasteiger partial charge in [-0.15, -0.1) is 0 Å². The number of benzene rings is 2. The average Bonchev–Trinajstić information content (AvgIpc) is 2.49. The molecule has 2 rings (SSSR count). The minimum atomic E-state index is -0.885. The summed E-state index contributed by atoms with van der Waals surface area (Å²) in [4.78, 5) is 11.6. The molecule has 0 bridgehead atoms. The molecular formula is C16H16F2N2O2. The molecule has 1 atom stereocenters. The van der Waals surface area contributed by atoms with E-state index in [0.717, 1.165) is 23.8 Å². The van der Waals surface area contributed by atoms with E-state index in [1.54, 1.807) is 12.1 Å². The number of anilines is 1. The van der Waals surface area contributed by atoms with Gasteiger partial charge in [0.25, 0.3) is 0 Å². The highest BCUT2D eigenvalue weighted by Gasteiger charge is 2.11. The lowest BCUT2D eigenvalue weighted by atomic mass is 10.1. The number of carbonyl (C=O) groups is 1. The Bertz CT molecular complexity index is 660. The van der Waals surface area contributed by atoms with Gasteiger partial charge in [0.05, 0.1) is 11.8 Å². The van der Waals surface area contributed by atoms with Crippen molar-refractivity contribution in [2.45, 2.75) is 13.0 Å². The number of aliphatic hydroxyl groups is 1. The number of rotatable bonds is 4. The average molecular weight is 306 g/mol. The number of nitrogens with one attached hydrogen (secondary N) is 2. The molecule has 1 unspecified atom stereocenters. The second kappa shape index (κ2) is 7.00. The topological polar surface area (TPSA) is 61.4 Å². The Balaban J connectivity index is 1.89. The Morgan fingerprint density at radius 3 is 2.55 bits per heavy atom. The van der Waals surface area contributed by atoms with Crippen molar-refractivity contribution in [1.82, 2.24) is 5.32 Å². The molecule has 0 radical (unpaired) electrons. The van der Waals surface area contributed by atoms with E-state index in [2.05, 4.69) is 10.6 Å². The van der Waals surface area contributed by atoms with Gasteiger partial charge in [0.2, 0.25) is 0 Å². The number of aryl methyl sites for hydroxylation is 1. The standard InChI is InChI=1S/C16H16F2N2O2/c1-10-2-4-11(5-3-10)15(21)9-19-16(22)20-14-8-12(17)6-7-13(14)18/h2-8,15,21H,9H2,1H3,(H2,19,20,22). The lowest BCUT2D eigenvalue weighted by Crippen LogP contribution is -2.32. The lowest BCUT2D eigenvalue weighted by Gasteiger charge is -2.13. The first-order valence-corrected chi connectivity index (χ1v) is 6.70. The molecule has 6 heteroatoms. The first kappa shape index (κ1) is 15.9. The lowest BCUT2D eigenvalue weighted by molar-refractivity contribution is 0.175. The molecule has 0 spiro atoms. The minimum absolute atomic E-state index is 0.0498. The summed E-state index contributed by atoms with van der Waals surface area (Å²) in [5, 5.41) is 14.5. The van der Waals surface area contributed by atoms with Gasteiger partial charge in [-0.1, -0.05) is 29.8 Å². The number of hydrogen-bond donors (Lipinski definition) is 3. The molecule has 0 heterocycles. The van der Waals surface area contributed by atoms with Gasteiger partial charge in [0, 0.05) is 12.6 Å². The highest BCUT2D eigenvalue weighted by atomic mass is 19.1. The van der Waals surface area contributed by atoms with E-state index in [1.807, 2.05) is 19.1 Å². The van der Waals surface area contributed by atoms with Crippen LogP contribution in [-0.2, 0) is 0 Å². The molecule has 116 valence electrons. The van der Waals surface area contributed by atoms with E-state index >= 15 is 0 Å². The van der Waals surface area contributed by atoms with Crippen LogP contribution in [0.25, 0.3) is 0 Å².